The average Bonchev–Trinajstić information content (AvgIpc) is 2.48. The predicted octanol–water partition coefficient (Wildman–Crippen LogP) is 2.83. The van der Waals surface area contributed by atoms with E-state index in [-0.39, 0.29) is 11.6 Å². The van der Waals surface area contributed by atoms with Crippen LogP contribution in [0.3, 0.4) is 0 Å². The first-order valence-corrected chi connectivity index (χ1v) is 6.64. The first-order chi connectivity index (χ1) is 10.1. The molecule has 0 saturated heterocycles. The van der Waals surface area contributed by atoms with Crippen LogP contribution in [0.5, 0.6) is 0 Å². The van der Waals surface area contributed by atoms with E-state index < -0.39 is 5.82 Å². The van der Waals surface area contributed by atoms with Crippen LogP contribution < -0.4 is 16.6 Å². The molecule has 1 aromatic heterocycles. The normalized spacial score (nSPS) is 10.5. The molecule has 0 bridgehead atoms. The highest BCUT2D eigenvalue weighted by Crippen LogP contribution is 2.22. The van der Waals surface area contributed by atoms with Crippen molar-refractivity contribution in [2.24, 2.45) is 5.84 Å². The molecule has 8 heteroatoms. The van der Waals surface area contributed by atoms with Gasteiger partial charge in [-0.25, -0.2) is 20.2 Å². The summed E-state index contributed by atoms with van der Waals surface area (Å²) in [7, 11) is 0. The molecule has 21 heavy (non-hydrogen) atoms. The number of benzene rings is 1. The third-order valence-corrected chi connectivity index (χ3v) is 2.84. The maximum atomic E-state index is 13.1. The largest absolute Gasteiger partial charge is 0.374 e. The van der Waals surface area contributed by atoms with Gasteiger partial charge in [0.05, 0.1) is 5.02 Å². The first kappa shape index (κ1) is 15.4. The van der Waals surface area contributed by atoms with Gasteiger partial charge in [0.25, 0.3) is 0 Å². The number of nitrogens with zero attached hydrogens (tertiary/aromatic N) is 2. The Morgan fingerprint density at radius 3 is 2.71 bits per heavy atom. The summed E-state index contributed by atoms with van der Waals surface area (Å²) in [5, 5.41) is 3.04. The summed E-state index contributed by atoms with van der Waals surface area (Å²) in [6, 6.07) is 5.92. The molecular formula is C13H15ClFN5O. The minimum absolute atomic E-state index is 0.0285. The number of hydrogen-bond donors (Lipinski definition) is 3. The van der Waals surface area contributed by atoms with Crippen molar-refractivity contribution in [1.29, 1.82) is 0 Å². The zero-order chi connectivity index (χ0) is 15.2. The fourth-order valence-corrected chi connectivity index (χ4v) is 1.80. The molecule has 0 fully saturated rings. The van der Waals surface area contributed by atoms with Crippen LogP contribution in [0, 0.1) is 5.82 Å². The van der Waals surface area contributed by atoms with Gasteiger partial charge in [0.15, 0.2) is 5.82 Å². The monoisotopic (exact) mass is 311 g/mol. The van der Waals surface area contributed by atoms with Crippen molar-refractivity contribution in [2.75, 3.05) is 17.3 Å². The highest BCUT2D eigenvalue weighted by atomic mass is 35.5. The number of ether oxygens (including phenoxy) is 1. The highest BCUT2D eigenvalue weighted by Gasteiger charge is 2.06. The van der Waals surface area contributed by atoms with Crippen molar-refractivity contribution >= 4 is 28.9 Å². The molecule has 4 N–H and O–H groups in total. The fourth-order valence-electron chi connectivity index (χ4n) is 1.61. The minimum atomic E-state index is -0.480. The molecule has 6 nitrogen and oxygen atoms in total. The lowest BCUT2D eigenvalue weighted by atomic mass is 10.3. The molecule has 0 unspecified atom stereocenters. The van der Waals surface area contributed by atoms with E-state index in [9.17, 15) is 4.39 Å². The van der Waals surface area contributed by atoms with Crippen LogP contribution in [0.1, 0.15) is 12.7 Å². The quantitative estimate of drug-likeness (QED) is 0.562. The second kappa shape index (κ2) is 7.16. The van der Waals surface area contributed by atoms with Crippen molar-refractivity contribution in [3.05, 3.63) is 40.9 Å². The Morgan fingerprint density at radius 2 is 2.05 bits per heavy atom. The van der Waals surface area contributed by atoms with E-state index in [0.29, 0.717) is 29.8 Å². The fraction of sp³-hybridized carbons (Fsp3) is 0.231. The van der Waals surface area contributed by atoms with Gasteiger partial charge in [-0.15, -0.1) is 0 Å². The van der Waals surface area contributed by atoms with Gasteiger partial charge in [-0.1, -0.05) is 11.6 Å². The van der Waals surface area contributed by atoms with E-state index in [4.69, 9.17) is 22.2 Å². The summed E-state index contributed by atoms with van der Waals surface area (Å²) in [5.74, 6) is 6.30. The van der Waals surface area contributed by atoms with E-state index in [0.717, 1.165) is 0 Å². The van der Waals surface area contributed by atoms with Gasteiger partial charge in [-0.05, 0) is 25.1 Å². The predicted molar refractivity (Wildman–Crippen MR) is 79.9 cm³/mol. The molecule has 112 valence electrons. The summed E-state index contributed by atoms with van der Waals surface area (Å²) in [4.78, 5) is 8.45. The Labute approximate surface area is 126 Å². The lowest BCUT2D eigenvalue weighted by molar-refractivity contribution is 0.128. The van der Waals surface area contributed by atoms with Gasteiger partial charge in [-0.2, -0.15) is 0 Å². The summed E-state index contributed by atoms with van der Waals surface area (Å²) in [5.41, 5.74) is 3.06. The van der Waals surface area contributed by atoms with Crippen molar-refractivity contribution in [1.82, 2.24) is 9.97 Å². The molecule has 0 radical (unpaired) electrons. The molecule has 0 amide bonds. The van der Waals surface area contributed by atoms with Crippen LogP contribution in [0.15, 0.2) is 24.3 Å². The zero-order valence-corrected chi connectivity index (χ0v) is 12.1. The topological polar surface area (TPSA) is 85.1 Å². The minimum Gasteiger partial charge on any atom is -0.374 e. The van der Waals surface area contributed by atoms with Gasteiger partial charge in [0.1, 0.15) is 24.1 Å². The average molecular weight is 312 g/mol. The number of hydrazine groups is 1. The molecule has 1 heterocycles. The Bertz CT molecular complexity index is 626. The van der Waals surface area contributed by atoms with Crippen LogP contribution in [0.25, 0.3) is 0 Å². The van der Waals surface area contributed by atoms with Crippen LogP contribution in [0.2, 0.25) is 5.02 Å². The Kier molecular flexibility index (Phi) is 5.26. The van der Waals surface area contributed by atoms with Crippen LogP contribution in [-0.2, 0) is 11.3 Å². The second-order valence-corrected chi connectivity index (χ2v) is 4.50. The second-order valence-electron chi connectivity index (χ2n) is 4.09. The number of anilines is 3. The number of nitrogen functional groups attached to an aromatic ring is 1. The molecule has 2 rings (SSSR count). The third kappa shape index (κ3) is 4.25. The first-order valence-electron chi connectivity index (χ1n) is 6.26. The standard InChI is InChI=1S/C13H15ClFN5O/c1-2-21-7-13-18-11(6-12(19-13)20-16)17-8-3-4-10(15)9(14)5-8/h3-6H,2,7,16H2,1H3,(H2,17,18,19,20). The molecule has 0 aliphatic rings. The van der Waals surface area contributed by atoms with E-state index in [1.54, 1.807) is 12.1 Å². The van der Waals surface area contributed by atoms with Gasteiger partial charge in [-0.3, -0.25) is 0 Å². The van der Waals surface area contributed by atoms with Crippen molar-refractivity contribution in [3.8, 4) is 0 Å². The molecule has 0 aliphatic carbocycles. The van der Waals surface area contributed by atoms with Gasteiger partial charge in [0, 0.05) is 18.4 Å². The number of nitrogens with one attached hydrogen (secondary N) is 2. The summed E-state index contributed by atoms with van der Waals surface area (Å²) in [6.07, 6.45) is 0. The van der Waals surface area contributed by atoms with Crippen LogP contribution in [0.4, 0.5) is 21.7 Å². The van der Waals surface area contributed by atoms with Crippen molar-refractivity contribution in [2.45, 2.75) is 13.5 Å². The van der Waals surface area contributed by atoms with Gasteiger partial charge < -0.3 is 15.5 Å². The number of rotatable bonds is 6. The van der Waals surface area contributed by atoms with Gasteiger partial charge >= 0.3 is 0 Å². The summed E-state index contributed by atoms with van der Waals surface area (Å²) in [6.45, 7) is 2.70. The van der Waals surface area contributed by atoms with E-state index >= 15 is 0 Å². The third-order valence-electron chi connectivity index (χ3n) is 2.55. The van der Waals surface area contributed by atoms with Crippen molar-refractivity contribution < 1.29 is 9.13 Å². The van der Waals surface area contributed by atoms with E-state index in [1.807, 2.05) is 6.92 Å². The number of aromatic nitrogens is 2. The Morgan fingerprint density at radius 1 is 1.29 bits per heavy atom. The maximum absolute atomic E-state index is 13.1. The van der Waals surface area contributed by atoms with Crippen molar-refractivity contribution in [3.63, 3.8) is 0 Å². The van der Waals surface area contributed by atoms with Crippen LogP contribution >= 0.6 is 11.6 Å². The van der Waals surface area contributed by atoms with E-state index in [2.05, 4.69) is 20.7 Å². The maximum Gasteiger partial charge on any atom is 0.158 e. The smallest absolute Gasteiger partial charge is 0.158 e. The summed E-state index contributed by atoms with van der Waals surface area (Å²) < 4.78 is 18.4. The number of halogens is 2. The molecule has 1 aromatic carbocycles. The molecule has 0 aliphatic heterocycles. The van der Waals surface area contributed by atoms with E-state index in [1.165, 1.54) is 12.1 Å². The Balaban J connectivity index is 2.23. The number of nitrogens with two attached hydrogens (primary N) is 1. The molecule has 0 saturated carbocycles. The lowest BCUT2D eigenvalue weighted by Gasteiger charge is -2.10. The number of hydrogen-bond acceptors (Lipinski definition) is 6. The molecule has 2 aromatic rings. The van der Waals surface area contributed by atoms with Gasteiger partial charge in [0.2, 0.25) is 0 Å². The molecular weight excluding hydrogens is 297 g/mol. The highest BCUT2D eigenvalue weighted by molar-refractivity contribution is 6.31. The Hall–Kier alpha value is -1.96. The lowest BCUT2D eigenvalue weighted by Crippen LogP contribution is -2.12. The SMILES string of the molecule is CCOCc1nc(NN)cc(Nc2ccc(F)c(Cl)c2)n1. The van der Waals surface area contributed by atoms with Crippen LogP contribution in [-0.4, -0.2) is 16.6 Å². The molecule has 0 atom stereocenters. The summed E-state index contributed by atoms with van der Waals surface area (Å²) >= 11 is 5.74. The molecule has 0 spiro atoms. The zero-order valence-electron chi connectivity index (χ0n) is 11.4.